The molecule has 6 aliphatic rings. The fourth-order valence-corrected chi connectivity index (χ4v) is 6.54. The van der Waals surface area contributed by atoms with Crippen LogP contribution >= 0.6 is 0 Å². The number of ketones is 2. The number of ether oxygens (including phenoxy) is 2. The molecule has 0 radical (unpaired) electrons. The summed E-state index contributed by atoms with van der Waals surface area (Å²) in [5.74, 6) is -0.270. The molecule has 11 heteroatoms. The predicted molar refractivity (Wildman–Crippen MR) is 109 cm³/mol. The van der Waals surface area contributed by atoms with Crippen LogP contribution in [0.15, 0.2) is 0 Å². The maximum Gasteiger partial charge on any atom is 0.400 e. The summed E-state index contributed by atoms with van der Waals surface area (Å²) < 4.78 is 46.3. The quantitative estimate of drug-likeness (QED) is 0.428. The van der Waals surface area contributed by atoms with E-state index in [9.17, 15) is 18.0 Å². The average molecular weight is 461 g/mol. The Hall–Kier alpha value is -0.950. The lowest BCUT2D eigenvalue weighted by atomic mass is 9.74. The Labute approximate surface area is 183 Å². The Morgan fingerprint density at radius 1 is 0.742 bits per heavy atom. The lowest BCUT2D eigenvalue weighted by Crippen LogP contribution is -2.70. The molecule has 6 fully saturated rings. The molecule has 6 heterocycles. The number of hydrogen-bond donors (Lipinski definition) is 0. The van der Waals surface area contributed by atoms with Crippen molar-refractivity contribution in [2.75, 3.05) is 66.8 Å². The van der Waals surface area contributed by atoms with Crippen molar-refractivity contribution in [1.82, 2.24) is 9.80 Å². The molecule has 6 aliphatic heterocycles. The number of rotatable bonds is 10. The van der Waals surface area contributed by atoms with Gasteiger partial charge in [-0.3, -0.25) is 19.4 Å². The molecule has 2 atom stereocenters. The van der Waals surface area contributed by atoms with Gasteiger partial charge < -0.3 is 9.47 Å². The van der Waals surface area contributed by atoms with Gasteiger partial charge in [0.2, 0.25) is 0 Å². The minimum Gasteiger partial charge on any atom is -0.382 e. The molecule has 0 amide bonds. The topological polar surface area (TPSA) is 112 Å². The van der Waals surface area contributed by atoms with Gasteiger partial charge in [0, 0.05) is 26.1 Å². The highest BCUT2D eigenvalue weighted by Crippen LogP contribution is 2.38. The van der Waals surface area contributed by atoms with Crippen LogP contribution in [0.5, 0.6) is 0 Å². The van der Waals surface area contributed by atoms with Crippen molar-refractivity contribution in [3.05, 3.63) is 0 Å². The second kappa shape index (κ2) is 8.77. The van der Waals surface area contributed by atoms with Crippen molar-refractivity contribution in [1.29, 1.82) is 0 Å². The van der Waals surface area contributed by atoms with Crippen molar-refractivity contribution in [3.63, 3.8) is 0 Å². The maximum atomic E-state index is 13.0. The van der Waals surface area contributed by atoms with Crippen LogP contribution < -0.4 is 0 Å². The lowest BCUT2D eigenvalue weighted by molar-refractivity contribution is -0.158. The van der Waals surface area contributed by atoms with E-state index in [1.807, 2.05) is 9.80 Å². The monoisotopic (exact) mass is 460 g/mol. The van der Waals surface area contributed by atoms with Crippen molar-refractivity contribution in [3.8, 4) is 0 Å². The fourth-order valence-electron chi connectivity index (χ4n) is 5.79. The van der Waals surface area contributed by atoms with Gasteiger partial charge in [-0.2, -0.15) is 8.42 Å². The predicted octanol–water partition coefficient (Wildman–Crippen LogP) is -0.376. The van der Waals surface area contributed by atoms with Gasteiger partial charge in [-0.1, -0.05) is 0 Å². The summed E-state index contributed by atoms with van der Waals surface area (Å²) in [4.78, 5) is 29.9. The van der Waals surface area contributed by atoms with Crippen LogP contribution in [0.1, 0.15) is 25.7 Å². The molecule has 31 heavy (non-hydrogen) atoms. The first-order valence-corrected chi connectivity index (χ1v) is 12.2. The molecule has 10 nitrogen and oxygen atoms in total. The second-order valence-corrected chi connectivity index (χ2v) is 10.4. The van der Waals surface area contributed by atoms with Crippen LogP contribution in [-0.2, 0) is 37.8 Å². The van der Waals surface area contributed by atoms with Crippen molar-refractivity contribution in [2.45, 2.75) is 36.8 Å². The number of carbonyl (C=O) groups excluding carboxylic acids is 2. The Balaban J connectivity index is 1.45. The van der Waals surface area contributed by atoms with Crippen LogP contribution in [0.2, 0.25) is 0 Å². The molecule has 0 N–H and O–H groups in total. The standard InChI is InChI=1S/C20H32N2O8S/c1-27-11-19(17(23)15-3-7-21(19)8-4-15)13-29-31(25,26)30-14-20(12-28-2)18(24)16-5-9-22(20)10-6-16/h15-16H,3-14H2,1-2H3/t19-,20-/m0/s1. The molecule has 0 aromatic rings. The normalized spacial score (nSPS) is 39.9. The molecule has 6 rings (SSSR count). The highest BCUT2D eigenvalue weighted by Gasteiger charge is 2.56. The molecule has 0 unspecified atom stereocenters. The van der Waals surface area contributed by atoms with E-state index in [-0.39, 0.29) is 49.8 Å². The largest absolute Gasteiger partial charge is 0.400 e. The maximum absolute atomic E-state index is 13.0. The first-order chi connectivity index (χ1) is 14.8. The van der Waals surface area contributed by atoms with Crippen molar-refractivity contribution < 1.29 is 35.8 Å². The van der Waals surface area contributed by atoms with E-state index in [2.05, 4.69) is 0 Å². The summed E-state index contributed by atoms with van der Waals surface area (Å²) in [5, 5.41) is 0. The van der Waals surface area contributed by atoms with E-state index >= 15 is 0 Å². The first-order valence-electron chi connectivity index (χ1n) is 10.9. The molecule has 0 aromatic carbocycles. The Morgan fingerprint density at radius 2 is 1.10 bits per heavy atom. The summed E-state index contributed by atoms with van der Waals surface area (Å²) >= 11 is 0. The van der Waals surface area contributed by atoms with Gasteiger partial charge >= 0.3 is 10.4 Å². The number of piperidine rings is 6. The Kier molecular flexibility index (Phi) is 6.57. The third-order valence-electron chi connectivity index (χ3n) is 7.51. The van der Waals surface area contributed by atoms with E-state index in [4.69, 9.17) is 17.8 Å². The molecule has 176 valence electrons. The molecule has 0 saturated carbocycles. The van der Waals surface area contributed by atoms with Gasteiger partial charge in [0.1, 0.15) is 11.1 Å². The first kappa shape index (κ1) is 23.2. The Bertz CT molecular complexity index is 744. The number of methoxy groups -OCH3 is 2. The minimum atomic E-state index is -4.44. The van der Waals surface area contributed by atoms with Gasteiger partial charge in [0.15, 0.2) is 11.6 Å². The van der Waals surface area contributed by atoms with E-state index < -0.39 is 21.5 Å². The summed E-state index contributed by atoms with van der Waals surface area (Å²) in [6.45, 7) is 2.18. The fraction of sp³-hybridized carbons (Fsp3) is 0.900. The summed E-state index contributed by atoms with van der Waals surface area (Å²) in [6.07, 6.45) is 3.08. The molecular weight excluding hydrogens is 428 g/mol. The highest BCUT2D eigenvalue weighted by molar-refractivity contribution is 7.81. The Morgan fingerprint density at radius 3 is 1.39 bits per heavy atom. The third kappa shape index (κ3) is 3.98. The molecule has 4 bridgehead atoms. The highest BCUT2D eigenvalue weighted by atomic mass is 32.3. The summed E-state index contributed by atoms with van der Waals surface area (Å²) in [7, 11) is -1.48. The van der Waals surface area contributed by atoms with E-state index in [0.29, 0.717) is 26.2 Å². The zero-order valence-corrected chi connectivity index (χ0v) is 19.0. The molecule has 0 aliphatic carbocycles. The van der Waals surface area contributed by atoms with Crippen LogP contribution in [0, 0.1) is 11.8 Å². The van der Waals surface area contributed by atoms with Crippen LogP contribution in [0.25, 0.3) is 0 Å². The van der Waals surface area contributed by atoms with Crippen LogP contribution in [0.4, 0.5) is 0 Å². The SMILES string of the molecule is COC[C@]1(COS(=O)(=O)OC[C@@]2(COC)C(=O)C3CCN2CC3)C(=O)C2CCN1CC2. The summed E-state index contributed by atoms with van der Waals surface area (Å²) in [5.41, 5.74) is -2.25. The van der Waals surface area contributed by atoms with E-state index in [0.717, 1.165) is 25.7 Å². The van der Waals surface area contributed by atoms with E-state index in [1.54, 1.807) is 0 Å². The molecule has 0 spiro atoms. The second-order valence-electron chi connectivity index (χ2n) is 9.11. The van der Waals surface area contributed by atoms with Gasteiger partial charge in [-0.25, -0.2) is 8.37 Å². The number of fused-ring (bicyclic) bond motifs is 6. The van der Waals surface area contributed by atoms with Gasteiger partial charge in [0.25, 0.3) is 0 Å². The summed E-state index contributed by atoms with van der Waals surface area (Å²) in [6, 6.07) is 0. The lowest BCUT2D eigenvalue weighted by Gasteiger charge is -2.52. The number of hydrogen-bond acceptors (Lipinski definition) is 10. The van der Waals surface area contributed by atoms with Gasteiger partial charge in [-0.05, 0) is 51.9 Å². The van der Waals surface area contributed by atoms with Gasteiger partial charge in [-0.15, -0.1) is 0 Å². The van der Waals surface area contributed by atoms with Crippen LogP contribution in [-0.4, -0.2) is 108 Å². The zero-order chi connectivity index (χ0) is 22.3. The van der Waals surface area contributed by atoms with Crippen molar-refractivity contribution >= 4 is 22.0 Å². The van der Waals surface area contributed by atoms with E-state index in [1.165, 1.54) is 14.2 Å². The smallest absolute Gasteiger partial charge is 0.382 e. The van der Waals surface area contributed by atoms with Crippen molar-refractivity contribution in [2.24, 2.45) is 11.8 Å². The number of carbonyl (C=O) groups is 2. The molecular formula is C20H32N2O8S. The number of Topliss-reactive ketones (excluding diaryl/α,β-unsaturated/α-hetero) is 2. The number of nitrogens with zero attached hydrogens (tertiary/aromatic N) is 2. The zero-order valence-electron chi connectivity index (χ0n) is 18.2. The van der Waals surface area contributed by atoms with Crippen LogP contribution in [0.3, 0.4) is 0 Å². The molecule has 0 aromatic heterocycles. The average Bonchev–Trinajstić information content (AvgIpc) is 2.78. The third-order valence-corrected chi connectivity index (χ3v) is 8.32. The minimum absolute atomic E-state index is 0.0382. The van der Waals surface area contributed by atoms with Gasteiger partial charge in [0.05, 0.1) is 26.4 Å². The molecule has 6 saturated heterocycles.